The van der Waals surface area contributed by atoms with Crippen molar-refractivity contribution in [3.63, 3.8) is 0 Å². The molecule has 0 aliphatic carbocycles. The number of aromatic nitrogens is 3. The van der Waals surface area contributed by atoms with Gasteiger partial charge in [-0.25, -0.2) is 9.59 Å². The monoisotopic (exact) mass is 901 g/mol. The molecular formula is C52H63N5O9. The number of morpholine rings is 1. The third kappa shape index (κ3) is 11.8. The Bertz CT molecular complexity index is 2620. The highest BCUT2D eigenvalue weighted by molar-refractivity contribution is 6.06. The molecule has 66 heavy (non-hydrogen) atoms. The lowest BCUT2D eigenvalue weighted by Gasteiger charge is -2.27. The van der Waals surface area contributed by atoms with Gasteiger partial charge in [0.15, 0.2) is 0 Å². The number of aryl methyl sites for hydroxylation is 3. The van der Waals surface area contributed by atoms with Crippen LogP contribution in [0, 0.1) is 13.8 Å². The van der Waals surface area contributed by atoms with E-state index in [0.29, 0.717) is 71.3 Å². The van der Waals surface area contributed by atoms with Crippen LogP contribution in [0.2, 0.25) is 0 Å². The highest BCUT2D eigenvalue weighted by Gasteiger charge is 2.30. The molecule has 14 heteroatoms. The highest BCUT2D eigenvalue weighted by atomic mass is 16.6. The average molecular weight is 902 g/mol. The Labute approximate surface area is 386 Å². The minimum absolute atomic E-state index is 0.0437. The van der Waals surface area contributed by atoms with Gasteiger partial charge in [-0.05, 0) is 83.0 Å². The fourth-order valence-electron chi connectivity index (χ4n) is 8.68. The van der Waals surface area contributed by atoms with Crippen molar-refractivity contribution in [2.45, 2.75) is 72.6 Å². The third-order valence-corrected chi connectivity index (χ3v) is 11.7. The van der Waals surface area contributed by atoms with Crippen LogP contribution in [0.25, 0.3) is 32.8 Å². The quantitative estimate of drug-likeness (QED) is 0.0501. The number of carbonyl (C=O) groups excluding carboxylic acids is 2. The van der Waals surface area contributed by atoms with E-state index in [2.05, 4.69) is 58.1 Å². The topological polar surface area (TPSA) is 156 Å². The van der Waals surface area contributed by atoms with Gasteiger partial charge < -0.3 is 38.7 Å². The third-order valence-electron chi connectivity index (χ3n) is 11.7. The number of esters is 1. The normalized spacial score (nSPS) is 13.3. The van der Waals surface area contributed by atoms with Crippen molar-refractivity contribution in [3.05, 3.63) is 119 Å². The molecule has 1 aliphatic rings. The molecule has 2 N–H and O–H groups in total. The Kier molecular flexibility index (Phi) is 16.3. The van der Waals surface area contributed by atoms with Gasteiger partial charge in [-0.1, -0.05) is 66.7 Å². The first kappa shape index (κ1) is 47.9. The second-order valence-electron chi connectivity index (χ2n) is 17.5. The number of nitrogens with one attached hydrogen (secondary N) is 1. The predicted octanol–water partition coefficient (Wildman–Crippen LogP) is 8.13. The summed E-state index contributed by atoms with van der Waals surface area (Å²) >= 11 is 0. The van der Waals surface area contributed by atoms with E-state index in [4.69, 9.17) is 28.8 Å². The zero-order chi connectivity index (χ0) is 46.6. The minimum Gasteiger partial charge on any atom is -0.493 e. The maximum absolute atomic E-state index is 14.5. The molecule has 14 nitrogen and oxygen atoms in total. The van der Waals surface area contributed by atoms with Crippen LogP contribution in [-0.4, -0.2) is 120 Å². The number of fused-ring (bicyclic) bond motifs is 2. The molecule has 7 rings (SSSR count). The van der Waals surface area contributed by atoms with Crippen molar-refractivity contribution in [1.82, 2.24) is 24.6 Å². The van der Waals surface area contributed by atoms with Crippen molar-refractivity contribution in [1.29, 1.82) is 0 Å². The van der Waals surface area contributed by atoms with Crippen molar-refractivity contribution in [3.8, 4) is 16.9 Å². The second kappa shape index (κ2) is 22.4. The van der Waals surface area contributed by atoms with Crippen LogP contribution in [-0.2, 0) is 38.5 Å². The van der Waals surface area contributed by atoms with Gasteiger partial charge in [0.2, 0.25) is 0 Å². The predicted molar refractivity (Wildman–Crippen MR) is 255 cm³/mol. The summed E-state index contributed by atoms with van der Waals surface area (Å²) in [5, 5.41) is 20.3. The van der Waals surface area contributed by atoms with E-state index < -0.39 is 17.5 Å². The molecule has 2 aromatic heterocycles. The van der Waals surface area contributed by atoms with Gasteiger partial charge in [0.1, 0.15) is 17.0 Å². The number of carboxylic acids is 1. The van der Waals surface area contributed by atoms with Crippen LogP contribution in [0.3, 0.4) is 0 Å². The van der Waals surface area contributed by atoms with Crippen LogP contribution in [0.5, 0.6) is 5.75 Å². The maximum Gasteiger partial charge on any atom is 0.355 e. The number of carbonyl (C=O) groups is 3. The van der Waals surface area contributed by atoms with Crippen molar-refractivity contribution >= 4 is 39.5 Å². The largest absolute Gasteiger partial charge is 0.493 e. The summed E-state index contributed by atoms with van der Waals surface area (Å²) in [4.78, 5) is 40.8. The van der Waals surface area contributed by atoms with Crippen LogP contribution in [0.1, 0.15) is 81.8 Å². The zero-order valence-electron chi connectivity index (χ0n) is 38.9. The van der Waals surface area contributed by atoms with E-state index in [0.717, 1.165) is 81.6 Å². The summed E-state index contributed by atoms with van der Waals surface area (Å²) in [6.07, 6.45) is 2.04. The van der Waals surface area contributed by atoms with E-state index in [1.54, 1.807) is 12.1 Å². The molecule has 1 amide bonds. The number of benzene rings is 4. The molecule has 1 saturated heterocycles. The van der Waals surface area contributed by atoms with Gasteiger partial charge in [0.05, 0.1) is 62.0 Å². The molecule has 0 saturated carbocycles. The molecule has 0 spiro atoms. The standard InChI is InChI=1S/C52H63N5O9/c1-36-46(37(2)57(54-36)24-13-29-62-34-35-63-31-23-53-49(58)42-17-8-9-18-43(42)50(59)60)44-20-11-19-40-41(21-12-30-65-45-22-10-15-38-14-6-7-16-39(38)45)48(51(61)66-52(3,4)5)56(47(40)44)26-25-55-27-32-64-33-28-55/h6-11,14-20,22H,12-13,21,23-35H2,1-5H3,(H,53,58)(H,59,60). The number of rotatable bonds is 22. The zero-order valence-corrected chi connectivity index (χ0v) is 38.9. The Hall–Kier alpha value is -6.06. The Morgan fingerprint density at radius 2 is 1.47 bits per heavy atom. The summed E-state index contributed by atoms with van der Waals surface area (Å²) in [7, 11) is 0. The first-order valence-electron chi connectivity index (χ1n) is 23.0. The number of hydrogen-bond donors (Lipinski definition) is 2. The van der Waals surface area contributed by atoms with Crippen molar-refractivity contribution in [2.75, 3.05) is 72.4 Å². The smallest absolute Gasteiger partial charge is 0.355 e. The summed E-state index contributed by atoms with van der Waals surface area (Å²) in [5.41, 5.74) is 5.91. The fraction of sp³-hybridized carbons (Fsp3) is 0.423. The number of amides is 1. The van der Waals surface area contributed by atoms with Crippen LogP contribution < -0.4 is 10.1 Å². The van der Waals surface area contributed by atoms with E-state index in [9.17, 15) is 19.5 Å². The lowest BCUT2D eigenvalue weighted by molar-refractivity contribution is 0.00535. The van der Waals surface area contributed by atoms with E-state index in [1.165, 1.54) is 12.1 Å². The van der Waals surface area contributed by atoms with Gasteiger partial charge in [0, 0.05) is 73.5 Å². The first-order chi connectivity index (χ1) is 31.9. The molecule has 0 unspecified atom stereocenters. The van der Waals surface area contributed by atoms with E-state index in [-0.39, 0.29) is 30.2 Å². The van der Waals surface area contributed by atoms with E-state index >= 15 is 0 Å². The summed E-state index contributed by atoms with van der Waals surface area (Å²) < 4.78 is 34.0. The Morgan fingerprint density at radius 1 is 0.773 bits per heavy atom. The first-order valence-corrected chi connectivity index (χ1v) is 23.0. The molecule has 0 bridgehead atoms. The van der Waals surface area contributed by atoms with E-state index in [1.807, 2.05) is 56.6 Å². The summed E-state index contributed by atoms with van der Waals surface area (Å²) in [6, 6.07) is 26.8. The molecule has 350 valence electrons. The lowest BCUT2D eigenvalue weighted by Crippen LogP contribution is -2.38. The number of aromatic carboxylic acids is 1. The fourth-order valence-corrected chi connectivity index (χ4v) is 8.68. The number of hydrogen-bond acceptors (Lipinski definition) is 10. The SMILES string of the molecule is Cc1nn(CCCOCCOCCNC(=O)c2ccccc2C(=O)O)c(C)c1-c1cccc2c(CCCOc3cccc4ccccc34)c(C(=O)OC(C)(C)C)n(CCN3CCOCC3)c12. The van der Waals surface area contributed by atoms with Crippen LogP contribution in [0.4, 0.5) is 0 Å². The molecule has 0 radical (unpaired) electrons. The molecule has 6 aromatic rings. The van der Waals surface area contributed by atoms with Gasteiger partial charge >= 0.3 is 11.9 Å². The Morgan fingerprint density at radius 3 is 2.24 bits per heavy atom. The van der Waals surface area contributed by atoms with Crippen molar-refractivity contribution < 1.29 is 43.2 Å². The van der Waals surface area contributed by atoms with Crippen LogP contribution >= 0.6 is 0 Å². The molecule has 3 heterocycles. The van der Waals surface area contributed by atoms with Gasteiger partial charge in [-0.3, -0.25) is 14.4 Å². The number of para-hydroxylation sites is 1. The van der Waals surface area contributed by atoms with Gasteiger partial charge in [-0.15, -0.1) is 0 Å². The number of nitrogens with zero attached hydrogens (tertiary/aromatic N) is 4. The van der Waals surface area contributed by atoms with Crippen LogP contribution in [0.15, 0.2) is 84.9 Å². The second-order valence-corrected chi connectivity index (χ2v) is 17.5. The molecule has 1 fully saturated rings. The maximum atomic E-state index is 14.5. The Balaban J connectivity index is 1.05. The summed E-state index contributed by atoms with van der Waals surface area (Å²) in [5.74, 6) is -1.10. The molecule has 4 aromatic carbocycles. The molecule has 0 atom stereocenters. The summed E-state index contributed by atoms with van der Waals surface area (Å²) in [6.45, 7) is 17.1. The number of carboxylic acid groups (broad SMARTS) is 1. The van der Waals surface area contributed by atoms with Gasteiger partial charge in [-0.2, -0.15) is 5.10 Å². The lowest BCUT2D eigenvalue weighted by atomic mass is 9.98. The minimum atomic E-state index is -1.15. The highest BCUT2D eigenvalue weighted by Crippen LogP contribution is 2.39. The number of ether oxygens (including phenoxy) is 5. The van der Waals surface area contributed by atoms with Gasteiger partial charge in [0.25, 0.3) is 5.91 Å². The average Bonchev–Trinajstić information content (AvgIpc) is 3.78. The van der Waals surface area contributed by atoms with Crippen molar-refractivity contribution in [2.24, 2.45) is 0 Å². The molecule has 1 aliphatic heterocycles. The molecular weight excluding hydrogens is 839 g/mol.